The molecule has 0 aliphatic heterocycles. The van der Waals surface area contributed by atoms with Gasteiger partial charge in [-0.1, -0.05) is 24.3 Å². The average Bonchev–Trinajstić information content (AvgIpc) is 2.52. The number of alkyl halides is 3. The third-order valence-corrected chi connectivity index (χ3v) is 2.98. The third-order valence-electron chi connectivity index (χ3n) is 2.98. The molecular weight excluding hydrogens is 297 g/mol. The second kappa shape index (κ2) is 6.57. The lowest BCUT2D eigenvalue weighted by atomic mass is 10.1. The van der Waals surface area contributed by atoms with Crippen LogP contribution in [0.5, 0.6) is 0 Å². The smallest absolute Gasteiger partial charge is 0.379 e. The van der Waals surface area contributed by atoms with Gasteiger partial charge in [0, 0.05) is 18.9 Å². The number of aliphatic hydroxyl groups excluding tert-OH is 1. The van der Waals surface area contributed by atoms with Crippen LogP contribution in [0.15, 0.2) is 48.8 Å². The standard InChI is InChI=1S/C15H13F3N2O2/c16-15(17,18)13(21)11-5-3-10(4-6-11)8-20-14(22)12-2-1-7-19-9-12/h1-7,9,13,21H,8H2,(H,20,22). The predicted octanol–water partition coefficient (Wildman–Crippen LogP) is 2.61. The van der Waals surface area contributed by atoms with Crippen molar-refractivity contribution >= 4 is 5.91 Å². The van der Waals surface area contributed by atoms with E-state index in [4.69, 9.17) is 5.11 Å². The molecule has 1 amide bonds. The maximum Gasteiger partial charge on any atom is 0.418 e. The first-order chi connectivity index (χ1) is 10.4. The zero-order chi connectivity index (χ0) is 16.2. The first-order valence-corrected chi connectivity index (χ1v) is 6.40. The summed E-state index contributed by atoms with van der Waals surface area (Å²) in [6.07, 6.45) is -4.25. The van der Waals surface area contributed by atoms with Crippen molar-refractivity contribution in [2.24, 2.45) is 0 Å². The minimum Gasteiger partial charge on any atom is -0.379 e. The van der Waals surface area contributed by atoms with E-state index in [1.165, 1.54) is 30.5 Å². The Labute approximate surface area is 124 Å². The van der Waals surface area contributed by atoms with E-state index < -0.39 is 12.3 Å². The number of nitrogens with zero attached hydrogens (tertiary/aromatic N) is 1. The molecule has 0 aliphatic carbocycles. The van der Waals surface area contributed by atoms with Gasteiger partial charge in [0.2, 0.25) is 0 Å². The van der Waals surface area contributed by atoms with Crippen LogP contribution in [-0.4, -0.2) is 22.2 Å². The summed E-state index contributed by atoms with van der Waals surface area (Å²) < 4.78 is 37.1. The van der Waals surface area contributed by atoms with E-state index in [0.29, 0.717) is 11.1 Å². The van der Waals surface area contributed by atoms with Crippen LogP contribution < -0.4 is 5.32 Å². The van der Waals surface area contributed by atoms with Crippen molar-refractivity contribution in [2.75, 3.05) is 0 Å². The number of pyridine rings is 1. The van der Waals surface area contributed by atoms with Crippen LogP contribution in [0, 0.1) is 0 Å². The number of rotatable bonds is 4. The van der Waals surface area contributed by atoms with Crippen LogP contribution in [0.3, 0.4) is 0 Å². The van der Waals surface area contributed by atoms with Crippen molar-refractivity contribution in [1.82, 2.24) is 10.3 Å². The van der Waals surface area contributed by atoms with Gasteiger partial charge in [-0.3, -0.25) is 9.78 Å². The Kier molecular flexibility index (Phi) is 4.77. The fraction of sp³-hybridized carbons (Fsp3) is 0.200. The largest absolute Gasteiger partial charge is 0.418 e. The molecule has 0 saturated heterocycles. The van der Waals surface area contributed by atoms with E-state index in [9.17, 15) is 18.0 Å². The highest BCUT2D eigenvalue weighted by Crippen LogP contribution is 2.32. The van der Waals surface area contributed by atoms with Gasteiger partial charge >= 0.3 is 6.18 Å². The molecule has 0 spiro atoms. The Hall–Kier alpha value is -2.41. The number of hydrogen-bond donors (Lipinski definition) is 2. The second-order valence-corrected chi connectivity index (χ2v) is 4.61. The lowest BCUT2D eigenvalue weighted by Gasteiger charge is -2.15. The molecule has 2 rings (SSSR count). The number of benzene rings is 1. The lowest BCUT2D eigenvalue weighted by Crippen LogP contribution is -2.23. The van der Waals surface area contributed by atoms with E-state index in [0.717, 1.165) is 0 Å². The summed E-state index contributed by atoms with van der Waals surface area (Å²) >= 11 is 0. The highest BCUT2D eigenvalue weighted by Gasteiger charge is 2.39. The van der Waals surface area contributed by atoms with Crippen LogP contribution in [0.2, 0.25) is 0 Å². The van der Waals surface area contributed by atoms with Gasteiger partial charge in [-0.2, -0.15) is 13.2 Å². The average molecular weight is 310 g/mol. The molecule has 0 fully saturated rings. The molecule has 116 valence electrons. The summed E-state index contributed by atoms with van der Waals surface area (Å²) in [5.41, 5.74) is 0.775. The zero-order valence-corrected chi connectivity index (χ0v) is 11.3. The highest BCUT2D eigenvalue weighted by atomic mass is 19.4. The molecule has 0 saturated carbocycles. The minimum atomic E-state index is -4.70. The number of aliphatic hydroxyl groups is 1. The van der Waals surface area contributed by atoms with E-state index >= 15 is 0 Å². The molecule has 0 bridgehead atoms. The summed E-state index contributed by atoms with van der Waals surface area (Å²) in [5, 5.41) is 11.7. The molecule has 4 nitrogen and oxygen atoms in total. The van der Waals surface area contributed by atoms with Crippen molar-refractivity contribution < 1.29 is 23.1 Å². The maximum absolute atomic E-state index is 12.4. The molecule has 1 aromatic heterocycles. The maximum atomic E-state index is 12.4. The number of halogens is 3. The Morgan fingerprint density at radius 1 is 1.23 bits per heavy atom. The van der Waals surface area contributed by atoms with Gasteiger partial charge in [-0.25, -0.2) is 0 Å². The van der Waals surface area contributed by atoms with Crippen molar-refractivity contribution in [1.29, 1.82) is 0 Å². The molecule has 1 atom stereocenters. The number of carbonyl (C=O) groups excluding carboxylic acids is 1. The molecule has 2 aromatic rings. The van der Waals surface area contributed by atoms with Crippen LogP contribution >= 0.6 is 0 Å². The van der Waals surface area contributed by atoms with Crippen LogP contribution in [0.4, 0.5) is 13.2 Å². The zero-order valence-electron chi connectivity index (χ0n) is 11.3. The Balaban J connectivity index is 1.96. The lowest BCUT2D eigenvalue weighted by molar-refractivity contribution is -0.206. The summed E-state index contributed by atoms with van der Waals surface area (Å²) in [4.78, 5) is 15.6. The first-order valence-electron chi connectivity index (χ1n) is 6.40. The molecule has 0 radical (unpaired) electrons. The number of carbonyl (C=O) groups is 1. The van der Waals surface area contributed by atoms with Gasteiger partial charge in [0.05, 0.1) is 5.56 Å². The number of aromatic nitrogens is 1. The summed E-state index contributed by atoms with van der Waals surface area (Å²) in [6.45, 7) is 0.163. The van der Waals surface area contributed by atoms with Crippen LogP contribution in [-0.2, 0) is 6.54 Å². The van der Waals surface area contributed by atoms with E-state index in [2.05, 4.69) is 10.3 Å². The number of hydrogen-bond acceptors (Lipinski definition) is 3. The first kappa shape index (κ1) is 16.0. The molecule has 22 heavy (non-hydrogen) atoms. The van der Waals surface area contributed by atoms with E-state index in [1.54, 1.807) is 18.3 Å². The summed E-state index contributed by atoms with van der Waals surface area (Å²) in [6, 6.07) is 8.45. The van der Waals surface area contributed by atoms with Gasteiger partial charge < -0.3 is 10.4 Å². The van der Waals surface area contributed by atoms with Gasteiger partial charge in [0.15, 0.2) is 6.10 Å². The molecule has 1 unspecified atom stereocenters. The highest BCUT2D eigenvalue weighted by molar-refractivity contribution is 5.93. The minimum absolute atomic E-state index is 0.163. The van der Waals surface area contributed by atoms with Crippen molar-refractivity contribution in [2.45, 2.75) is 18.8 Å². The monoisotopic (exact) mass is 310 g/mol. The summed E-state index contributed by atoms with van der Waals surface area (Å²) in [7, 11) is 0. The molecule has 7 heteroatoms. The second-order valence-electron chi connectivity index (χ2n) is 4.61. The topological polar surface area (TPSA) is 62.2 Å². The van der Waals surface area contributed by atoms with Gasteiger partial charge in [-0.05, 0) is 23.3 Å². The Morgan fingerprint density at radius 2 is 1.91 bits per heavy atom. The molecule has 1 heterocycles. The number of nitrogens with one attached hydrogen (secondary N) is 1. The molecule has 1 aromatic carbocycles. The normalized spacial score (nSPS) is 12.7. The fourth-order valence-corrected chi connectivity index (χ4v) is 1.79. The molecule has 0 aliphatic rings. The third kappa shape index (κ3) is 4.05. The van der Waals surface area contributed by atoms with E-state index in [-0.39, 0.29) is 18.0 Å². The Bertz CT molecular complexity index is 627. The fourth-order valence-electron chi connectivity index (χ4n) is 1.79. The van der Waals surface area contributed by atoms with Gasteiger partial charge in [-0.15, -0.1) is 0 Å². The SMILES string of the molecule is O=C(NCc1ccc(C(O)C(F)(F)F)cc1)c1cccnc1. The van der Waals surface area contributed by atoms with Crippen molar-refractivity contribution in [3.05, 3.63) is 65.5 Å². The van der Waals surface area contributed by atoms with Gasteiger partial charge in [0.1, 0.15) is 0 Å². The van der Waals surface area contributed by atoms with Crippen LogP contribution in [0.1, 0.15) is 27.6 Å². The van der Waals surface area contributed by atoms with E-state index in [1.807, 2.05) is 0 Å². The quantitative estimate of drug-likeness (QED) is 0.912. The van der Waals surface area contributed by atoms with Crippen molar-refractivity contribution in [3.63, 3.8) is 0 Å². The van der Waals surface area contributed by atoms with Crippen molar-refractivity contribution in [3.8, 4) is 0 Å². The molecular formula is C15H13F3N2O2. The number of amides is 1. The Morgan fingerprint density at radius 3 is 2.45 bits per heavy atom. The van der Waals surface area contributed by atoms with Crippen LogP contribution in [0.25, 0.3) is 0 Å². The molecule has 2 N–H and O–H groups in total. The summed E-state index contributed by atoms with van der Waals surface area (Å²) in [5.74, 6) is -0.326. The predicted molar refractivity (Wildman–Crippen MR) is 72.9 cm³/mol. The van der Waals surface area contributed by atoms with Gasteiger partial charge in [0.25, 0.3) is 5.91 Å².